The number of amides is 2. The highest BCUT2D eigenvalue weighted by atomic mass is 19.1. The molecule has 2 aromatic rings. The number of benzene rings is 2. The maximum atomic E-state index is 13.3. The van der Waals surface area contributed by atoms with E-state index in [9.17, 15) is 14.0 Å². The van der Waals surface area contributed by atoms with Gasteiger partial charge in [-0.3, -0.25) is 14.5 Å². The van der Waals surface area contributed by atoms with Crippen LogP contribution in [0.2, 0.25) is 0 Å². The van der Waals surface area contributed by atoms with Gasteiger partial charge in [-0.2, -0.15) is 0 Å². The summed E-state index contributed by atoms with van der Waals surface area (Å²) >= 11 is 0. The molecule has 1 N–H and O–H groups in total. The number of ether oxygens (including phenoxy) is 1. The van der Waals surface area contributed by atoms with Gasteiger partial charge in [0.05, 0.1) is 19.1 Å². The van der Waals surface area contributed by atoms with Crippen LogP contribution < -0.4 is 5.32 Å². The molecule has 7 heteroatoms. The molecule has 6 nitrogen and oxygen atoms in total. The average molecular weight is 426 g/mol. The maximum Gasteiger partial charge on any atom is 0.246 e. The van der Waals surface area contributed by atoms with Gasteiger partial charge >= 0.3 is 0 Å². The highest BCUT2D eigenvalue weighted by Gasteiger charge is 2.36. The highest BCUT2D eigenvalue weighted by Crippen LogP contribution is 2.29. The molecule has 0 saturated carbocycles. The molecule has 164 valence electrons. The average Bonchev–Trinajstić information content (AvgIpc) is 2.82. The topological polar surface area (TPSA) is 61.9 Å². The third-order valence-electron chi connectivity index (χ3n) is 5.97. The Bertz CT molecular complexity index is 885. The second-order valence-corrected chi connectivity index (χ2v) is 8.08. The number of anilines is 1. The number of carbonyl (C=O) groups is 2. The molecule has 0 radical (unpaired) electrons. The monoisotopic (exact) mass is 425 g/mol. The van der Waals surface area contributed by atoms with Gasteiger partial charge in [-0.15, -0.1) is 0 Å². The number of rotatable bonds is 5. The maximum absolute atomic E-state index is 13.3. The van der Waals surface area contributed by atoms with Crippen molar-refractivity contribution in [3.8, 4) is 0 Å². The Morgan fingerprint density at radius 2 is 1.71 bits per heavy atom. The molecule has 0 unspecified atom stereocenters. The van der Waals surface area contributed by atoms with Crippen molar-refractivity contribution >= 4 is 17.5 Å². The first-order chi connectivity index (χ1) is 15.1. The van der Waals surface area contributed by atoms with Gasteiger partial charge in [0.25, 0.3) is 0 Å². The van der Waals surface area contributed by atoms with E-state index in [0.717, 1.165) is 24.9 Å². The minimum Gasteiger partial charge on any atom is -0.378 e. The summed E-state index contributed by atoms with van der Waals surface area (Å²) in [6, 6.07) is 14.8. The zero-order valence-electron chi connectivity index (χ0n) is 17.5. The SMILES string of the molecule is O=C(Nc1ccc(F)cc1)[C@H](c1ccccc1)N1CCC[C@@H](C(=O)N2CCOCC2)C1. The fourth-order valence-corrected chi connectivity index (χ4v) is 4.39. The van der Waals surface area contributed by atoms with E-state index in [1.54, 1.807) is 12.1 Å². The van der Waals surface area contributed by atoms with E-state index in [4.69, 9.17) is 4.74 Å². The molecular formula is C24H28FN3O3. The summed E-state index contributed by atoms with van der Waals surface area (Å²) in [6.45, 7) is 3.69. The van der Waals surface area contributed by atoms with Crippen molar-refractivity contribution in [1.29, 1.82) is 0 Å². The molecule has 2 saturated heterocycles. The first kappa shape index (κ1) is 21.5. The first-order valence-electron chi connectivity index (χ1n) is 10.8. The number of likely N-dealkylation sites (tertiary alicyclic amines) is 1. The van der Waals surface area contributed by atoms with Crippen LogP contribution in [-0.2, 0) is 14.3 Å². The molecule has 0 aliphatic carbocycles. The summed E-state index contributed by atoms with van der Waals surface area (Å²) < 4.78 is 18.6. The van der Waals surface area contributed by atoms with Crippen LogP contribution in [0.25, 0.3) is 0 Å². The molecule has 0 aromatic heterocycles. The smallest absolute Gasteiger partial charge is 0.246 e. The molecule has 2 aliphatic rings. The molecule has 2 amide bonds. The lowest BCUT2D eigenvalue weighted by molar-refractivity contribution is -0.142. The number of halogens is 1. The summed E-state index contributed by atoms with van der Waals surface area (Å²) in [4.78, 5) is 30.4. The van der Waals surface area contributed by atoms with Crippen molar-refractivity contribution in [1.82, 2.24) is 9.80 Å². The highest BCUT2D eigenvalue weighted by molar-refractivity contribution is 5.95. The number of morpholine rings is 1. The van der Waals surface area contributed by atoms with Gasteiger partial charge in [0, 0.05) is 25.3 Å². The lowest BCUT2D eigenvalue weighted by Crippen LogP contribution is -2.50. The van der Waals surface area contributed by atoms with E-state index >= 15 is 0 Å². The number of hydrogen-bond donors (Lipinski definition) is 1. The molecule has 31 heavy (non-hydrogen) atoms. The standard InChI is InChI=1S/C24H28FN3O3/c25-20-8-10-21(11-9-20)26-23(29)22(18-5-2-1-3-6-18)28-12-4-7-19(17-28)24(30)27-13-15-31-16-14-27/h1-3,5-6,8-11,19,22H,4,7,12-17H2,(H,26,29)/t19-,22+/m1/s1. The van der Waals surface area contributed by atoms with Crippen molar-refractivity contribution in [2.45, 2.75) is 18.9 Å². The van der Waals surface area contributed by atoms with Crippen LogP contribution in [0.3, 0.4) is 0 Å². The van der Waals surface area contributed by atoms with Crippen LogP contribution >= 0.6 is 0 Å². The van der Waals surface area contributed by atoms with E-state index in [0.29, 0.717) is 38.5 Å². The Hall–Kier alpha value is -2.77. The molecule has 2 fully saturated rings. The summed E-state index contributed by atoms with van der Waals surface area (Å²) in [5.74, 6) is -0.508. The molecule has 2 aromatic carbocycles. The molecular weight excluding hydrogens is 397 g/mol. The summed E-state index contributed by atoms with van der Waals surface area (Å²) in [5.41, 5.74) is 1.42. The molecule has 2 heterocycles. The minimum absolute atomic E-state index is 0.128. The van der Waals surface area contributed by atoms with Gasteiger partial charge in [0.1, 0.15) is 11.9 Å². The summed E-state index contributed by atoms with van der Waals surface area (Å²) in [6.07, 6.45) is 1.68. The van der Waals surface area contributed by atoms with Crippen LogP contribution in [0.15, 0.2) is 54.6 Å². The van der Waals surface area contributed by atoms with Crippen molar-refractivity contribution in [3.05, 3.63) is 66.0 Å². The lowest BCUT2D eigenvalue weighted by atomic mass is 9.93. The number of carbonyl (C=O) groups excluding carboxylic acids is 2. The van der Waals surface area contributed by atoms with E-state index < -0.39 is 6.04 Å². The van der Waals surface area contributed by atoms with Gasteiger partial charge in [-0.25, -0.2) is 4.39 Å². The third-order valence-corrected chi connectivity index (χ3v) is 5.97. The Balaban J connectivity index is 1.52. The second-order valence-electron chi connectivity index (χ2n) is 8.08. The van der Waals surface area contributed by atoms with Crippen LogP contribution in [0.4, 0.5) is 10.1 Å². The zero-order valence-corrected chi connectivity index (χ0v) is 17.5. The number of nitrogens with zero attached hydrogens (tertiary/aromatic N) is 2. The van der Waals surface area contributed by atoms with Gasteiger partial charge in [0.15, 0.2) is 0 Å². The van der Waals surface area contributed by atoms with Crippen LogP contribution in [0.1, 0.15) is 24.4 Å². The fourth-order valence-electron chi connectivity index (χ4n) is 4.39. The Kier molecular flexibility index (Phi) is 6.94. The third kappa shape index (κ3) is 5.29. The van der Waals surface area contributed by atoms with Gasteiger partial charge in [-0.1, -0.05) is 30.3 Å². The van der Waals surface area contributed by atoms with Crippen molar-refractivity contribution in [2.75, 3.05) is 44.7 Å². The first-order valence-corrected chi connectivity index (χ1v) is 10.8. The van der Waals surface area contributed by atoms with E-state index in [2.05, 4.69) is 10.2 Å². The summed E-state index contributed by atoms with van der Waals surface area (Å²) in [5, 5.41) is 2.91. The van der Waals surface area contributed by atoms with Crippen molar-refractivity contribution < 1.29 is 18.7 Å². The number of nitrogens with one attached hydrogen (secondary N) is 1. The predicted octanol–water partition coefficient (Wildman–Crippen LogP) is 3.08. The molecule has 2 atom stereocenters. The van der Waals surface area contributed by atoms with Gasteiger partial charge in [0.2, 0.25) is 11.8 Å². The Labute approximate surface area is 182 Å². The van der Waals surface area contributed by atoms with Crippen LogP contribution in [0.5, 0.6) is 0 Å². The number of hydrogen-bond acceptors (Lipinski definition) is 4. The van der Waals surface area contributed by atoms with Gasteiger partial charge < -0.3 is 15.0 Å². The van der Waals surface area contributed by atoms with Crippen molar-refractivity contribution in [3.63, 3.8) is 0 Å². The molecule has 0 spiro atoms. The normalized spacial score (nSPS) is 20.8. The predicted molar refractivity (Wildman–Crippen MR) is 116 cm³/mol. The van der Waals surface area contributed by atoms with Gasteiger partial charge in [-0.05, 0) is 49.2 Å². The van der Waals surface area contributed by atoms with Crippen molar-refractivity contribution in [2.24, 2.45) is 5.92 Å². The van der Waals surface area contributed by atoms with E-state index in [1.807, 2.05) is 35.2 Å². The quantitative estimate of drug-likeness (QED) is 0.800. The summed E-state index contributed by atoms with van der Waals surface area (Å²) in [7, 11) is 0. The zero-order chi connectivity index (χ0) is 21.6. The Morgan fingerprint density at radius 3 is 2.42 bits per heavy atom. The fraction of sp³-hybridized carbons (Fsp3) is 0.417. The second kappa shape index (κ2) is 10.0. The number of piperidine rings is 1. The Morgan fingerprint density at radius 1 is 1.00 bits per heavy atom. The van der Waals surface area contributed by atoms with Crippen LogP contribution in [0, 0.1) is 11.7 Å². The largest absolute Gasteiger partial charge is 0.378 e. The lowest BCUT2D eigenvalue weighted by Gasteiger charge is -2.39. The van der Waals surface area contributed by atoms with E-state index in [1.165, 1.54) is 12.1 Å². The molecule has 4 rings (SSSR count). The minimum atomic E-state index is -0.522. The molecule has 0 bridgehead atoms. The molecule has 2 aliphatic heterocycles. The van der Waals surface area contributed by atoms with Crippen LogP contribution in [-0.4, -0.2) is 61.0 Å². The van der Waals surface area contributed by atoms with E-state index in [-0.39, 0.29) is 23.5 Å².